The van der Waals surface area contributed by atoms with Gasteiger partial charge in [0.1, 0.15) is 0 Å². The zero-order valence-corrected chi connectivity index (χ0v) is 9.09. The van der Waals surface area contributed by atoms with Crippen molar-refractivity contribution in [3.05, 3.63) is 35.4 Å². The molecule has 9 heteroatoms. The van der Waals surface area contributed by atoms with Gasteiger partial charge in [-0.3, -0.25) is 19.3 Å². The number of hydrogen-bond acceptors (Lipinski definition) is 5. The highest BCUT2D eigenvalue weighted by Gasteiger charge is 2.33. The van der Waals surface area contributed by atoms with E-state index in [2.05, 4.69) is 5.14 Å². The predicted octanol–water partition coefficient (Wildman–Crippen LogP) is -0.580. The van der Waals surface area contributed by atoms with Gasteiger partial charge in [-0.2, -0.15) is 8.42 Å². The van der Waals surface area contributed by atoms with E-state index in [9.17, 15) is 9.59 Å². The van der Waals surface area contributed by atoms with E-state index in [1.807, 2.05) is 0 Å². The Balaban J connectivity index is 0.000000249. The molecular weight excluding hydrogens is 252 g/mol. The summed E-state index contributed by atoms with van der Waals surface area (Å²) in [6.07, 6.45) is 0. The van der Waals surface area contributed by atoms with Crippen LogP contribution in [0.5, 0.6) is 0 Å². The molecule has 1 aromatic rings. The average Bonchev–Trinajstić information content (AvgIpc) is 2.43. The van der Waals surface area contributed by atoms with Crippen molar-refractivity contribution in [3.63, 3.8) is 0 Å². The highest BCUT2D eigenvalue weighted by molar-refractivity contribution is 7.83. The number of rotatable bonds is 0. The van der Waals surface area contributed by atoms with Crippen LogP contribution in [0.25, 0.3) is 0 Å². The number of amides is 2. The summed E-state index contributed by atoms with van der Waals surface area (Å²) in [6.45, 7) is 0. The molecule has 0 fully saturated rings. The number of carbonyl (C=O) groups is 2. The summed E-state index contributed by atoms with van der Waals surface area (Å²) >= 11 is 0. The lowest BCUT2D eigenvalue weighted by atomic mass is 10.1. The zero-order chi connectivity index (χ0) is 13.2. The van der Waals surface area contributed by atoms with Gasteiger partial charge in [0.25, 0.3) is 11.8 Å². The zero-order valence-electron chi connectivity index (χ0n) is 8.27. The first-order chi connectivity index (χ1) is 7.72. The van der Waals surface area contributed by atoms with E-state index < -0.39 is 22.1 Å². The first kappa shape index (κ1) is 13.3. The number of imide groups is 1. The van der Waals surface area contributed by atoms with E-state index in [4.69, 9.17) is 18.2 Å². The molecule has 0 spiro atoms. The highest BCUT2D eigenvalue weighted by atomic mass is 32.2. The van der Waals surface area contributed by atoms with Crippen LogP contribution in [0, 0.1) is 0 Å². The maximum absolute atomic E-state index is 11.1. The third kappa shape index (κ3) is 3.32. The van der Waals surface area contributed by atoms with Gasteiger partial charge in [-0.25, -0.2) is 5.14 Å². The van der Waals surface area contributed by atoms with E-state index in [0.717, 1.165) is 0 Å². The molecule has 2 rings (SSSR count). The Hall–Kier alpha value is -1.81. The summed E-state index contributed by atoms with van der Waals surface area (Å²) < 4.78 is 25.2. The summed E-state index contributed by atoms with van der Waals surface area (Å²) in [5.41, 5.74) is 0.509. The fraction of sp³-hybridized carbons (Fsp3) is 0. The van der Waals surface area contributed by atoms with Gasteiger partial charge in [0, 0.05) is 0 Å². The van der Waals surface area contributed by atoms with Crippen LogP contribution in [-0.4, -0.2) is 35.1 Å². The molecule has 2 amide bonds. The summed E-state index contributed by atoms with van der Waals surface area (Å²) in [7, 11) is -4.17. The van der Waals surface area contributed by atoms with Crippen molar-refractivity contribution in [2.75, 3.05) is 0 Å². The van der Waals surface area contributed by atoms with Crippen molar-refractivity contribution in [1.82, 2.24) is 5.06 Å². The Morgan fingerprint density at radius 1 is 1.06 bits per heavy atom. The molecule has 4 N–H and O–H groups in total. The van der Waals surface area contributed by atoms with Crippen LogP contribution in [0.1, 0.15) is 20.7 Å². The molecule has 17 heavy (non-hydrogen) atoms. The maximum Gasteiger partial charge on any atom is 0.330 e. The molecular formula is C8H8N2O6S. The van der Waals surface area contributed by atoms with Crippen LogP contribution < -0.4 is 5.14 Å². The van der Waals surface area contributed by atoms with E-state index in [0.29, 0.717) is 0 Å². The minimum atomic E-state index is -4.17. The molecule has 0 saturated heterocycles. The molecule has 92 valence electrons. The normalized spacial score (nSPS) is 14.2. The molecule has 0 aromatic heterocycles. The number of hydrogen-bond donors (Lipinski definition) is 3. The molecule has 0 saturated carbocycles. The number of fused-ring (bicyclic) bond motifs is 1. The standard InChI is InChI=1S/C8H5NO3.H3NO3S/c10-7-5-3-1-2-4-6(5)8(11)9(7)12;1-5(2,3)4/h1-4,12H;(H3,1,2,3,4). The molecule has 0 unspecified atom stereocenters. The van der Waals surface area contributed by atoms with Gasteiger partial charge in [-0.1, -0.05) is 12.1 Å². The van der Waals surface area contributed by atoms with Crippen LogP contribution in [0.2, 0.25) is 0 Å². The number of carbonyl (C=O) groups excluding carboxylic acids is 2. The van der Waals surface area contributed by atoms with Gasteiger partial charge in [-0.15, -0.1) is 5.06 Å². The van der Waals surface area contributed by atoms with Crippen molar-refractivity contribution < 1.29 is 27.8 Å². The Kier molecular flexibility index (Phi) is 3.58. The predicted molar refractivity (Wildman–Crippen MR) is 54.5 cm³/mol. The average molecular weight is 260 g/mol. The lowest BCUT2D eigenvalue weighted by molar-refractivity contribution is -0.0327. The summed E-state index contributed by atoms with van der Waals surface area (Å²) in [5.74, 6) is -1.31. The fourth-order valence-corrected chi connectivity index (χ4v) is 1.18. The van der Waals surface area contributed by atoms with Crippen LogP contribution in [-0.2, 0) is 10.3 Å². The van der Waals surface area contributed by atoms with E-state index in [-0.39, 0.29) is 16.2 Å². The monoisotopic (exact) mass is 260 g/mol. The fourth-order valence-electron chi connectivity index (χ4n) is 1.18. The summed E-state index contributed by atoms with van der Waals surface area (Å²) in [4.78, 5) is 22.1. The largest absolute Gasteiger partial charge is 0.330 e. The van der Waals surface area contributed by atoms with Gasteiger partial charge in [-0.05, 0) is 12.1 Å². The third-order valence-corrected chi connectivity index (χ3v) is 1.77. The highest BCUT2D eigenvalue weighted by Crippen LogP contribution is 2.19. The Morgan fingerprint density at radius 2 is 1.35 bits per heavy atom. The first-order valence-corrected chi connectivity index (χ1v) is 5.64. The minimum Gasteiger partial charge on any atom is -0.278 e. The SMILES string of the molecule is NS(=O)(=O)O.O=C1c2ccccc2C(=O)N1O. The Labute approximate surface area is 96.1 Å². The molecule has 0 radical (unpaired) electrons. The molecule has 1 aliphatic rings. The van der Waals surface area contributed by atoms with Crippen molar-refractivity contribution >= 4 is 22.1 Å². The Morgan fingerprint density at radius 3 is 1.65 bits per heavy atom. The molecule has 1 heterocycles. The van der Waals surface area contributed by atoms with Gasteiger partial charge >= 0.3 is 10.3 Å². The second-order valence-electron chi connectivity index (χ2n) is 2.98. The second-order valence-corrected chi connectivity index (χ2v) is 4.01. The van der Waals surface area contributed by atoms with E-state index in [1.54, 1.807) is 12.1 Å². The summed E-state index contributed by atoms with van der Waals surface area (Å²) in [5, 5.41) is 12.9. The maximum atomic E-state index is 11.1. The Bertz CT molecular complexity index is 524. The molecule has 0 atom stereocenters. The van der Waals surface area contributed by atoms with Crippen molar-refractivity contribution in [3.8, 4) is 0 Å². The van der Waals surface area contributed by atoms with Gasteiger partial charge in [0.05, 0.1) is 11.1 Å². The number of nitrogens with zero attached hydrogens (tertiary/aromatic N) is 1. The second kappa shape index (κ2) is 4.59. The number of benzene rings is 1. The number of nitrogens with two attached hydrogens (primary N) is 1. The van der Waals surface area contributed by atoms with Crippen molar-refractivity contribution in [1.29, 1.82) is 0 Å². The van der Waals surface area contributed by atoms with Crippen molar-refractivity contribution in [2.24, 2.45) is 5.14 Å². The van der Waals surface area contributed by atoms with Crippen LogP contribution in [0.15, 0.2) is 24.3 Å². The third-order valence-electron chi connectivity index (χ3n) is 1.77. The lowest BCUT2D eigenvalue weighted by Crippen LogP contribution is -2.25. The van der Waals surface area contributed by atoms with Crippen LogP contribution >= 0.6 is 0 Å². The van der Waals surface area contributed by atoms with Gasteiger partial charge in [0.15, 0.2) is 0 Å². The minimum absolute atomic E-state index is 0.130. The molecule has 1 aliphatic heterocycles. The topological polar surface area (TPSA) is 138 Å². The molecule has 1 aromatic carbocycles. The quantitative estimate of drug-likeness (QED) is 0.324. The van der Waals surface area contributed by atoms with Crippen molar-refractivity contribution in [2.45, 2.75) is 0 Å². The molecule has 8 nitrogen and oxygen atoms in total. The van der Waals surface area contributed by atoms with E-state index >= 15 is 0 Å². The summed E-state index contributed by atoms with van der Waals surface area (Å²) in [6, 6.07) is 6.30. The molecule has 0 aliphatic carbocycles. The molecule has 0 bridgehead atoms. The number of hydroxylamine groups is 2. The lowest BCUT2D eigenvalue weighted by Gasteiger charge is -1.99. The van der Waals surface area contributed by atoms with Gasteiger partial charge < -0.3 is 0 Å². The first-order valence-electron chi connectivity index (χ1n) is 4.13. The van der Waals surface area contributed by atoms with Crippen LogP contribution in [0.3, 0.4) is 0 Å². The van der Waals surface area contributed by atoms with Crippen LogP contribution in [0.4, 0.5) is 0 Å². The van der Waals surface area contributed by atoms with E-state index in [1.165, 1.54) is 12.1 Å². The smallest absolute Gasteiger partial charge is 0.278 e. The van der Waals surface area contributed by atoms with Gasteiger partial charge in [0.2, 0.25) is 0 Å².